The molecule has 1 fully saturated rings. The van der Waals surface area contributed by atoms with Crippen LogP contribution in [0.4, 0.5) is 4.39 Å². The van der Waals surface area contributed by atoms with Gasteiger partial charge in [0.1, 0.15) is 11.6 Å². The van der Waals surface area contributed by atoms with Crippen LogP contribution >= 0.6 is 0 Å². The number of nitrogens with zero attached hydrogens (tertiary/aromatic N) is 1. The number of halogens is 1. The molecule has 0 aromatic heterocycles. The number of rotatable bonds is 4. The van der Waals surface area contributed by atoms with E-state index in [1.807, 2.05) is 0 Å². The SMILES string of the molecule is C[C@@H](Oc1cccc(F)c1)C(=O)N1CCC(C(N)=O)CC1. The third kappa shape index (κ3) is 3.93. The summed E-state index contributed by atoms with van der Waals surface area (Å²) in [6.45, 7) is 2.61. The lowest BCUT2D eigenvalue weighted by molar-refractivity contribution is -0.140. The van der Waals surface area contributed by atoms with E-state index in [-0.39, 0.29) is 17.7 Å². The highest BCUT2D eigenvalue weighted by molar-refractivity contribution is 5.82. The third-order valence-electron chi connectivity index (χ3n) is 3.67. The summed E-state index contributed by atoms with van der Waals surface area (Å²) in [6.07, 6.45) is 0.457. The largest absolute Gasteiger partial charge is 0.481 e. The molecule has 0 spiro atoms. The fourth-order valence-electron chi connectivity index (χ4n) is 2.44. The Morgan fingerprint density at radius 2 is 2.05 bits per heavy atom. The zero-order valence-corrected chi connectivity index (χ0v) is 11.9. The second-order valence-electron chi connectivity index (χ2n) is 5.22. The third-order valence-corrected chi connectivity index (χ3v) is 3.67. The van der Waals surface area contributed by atoms with Crippen LogP contribution in [0.2, 0.25) is 0 Å². The summed E-state index contributed by atoms with van der Waals surface area (Å²) in [5.41, 5.74) is 5.26. The molecule has 1 aliphatic rings. The normalized spacial score (nSPS) is 17.3. The number of nitrogens with two attached hydrogens (primary N) is 1. The van der Waals surface area contributed by atoms with Gasteiger partial charge in [0.15, 0.2) is 6.10 Å². The van der Waals surface area contributed by atoms with Crippen LogP contribution in [0.15, 0.2) is 24.3 Å². The summed E-state index contributed by atoms with van der Waals surface area (Å²) in [6, 6.07) is 5.68. The summed E-state index contributed by atoms with van der Waals surface area (Å²) >= 11 is 0. The molecule has 1 aromatic carbocycles. The summed E-state index contributed by atoms with van der Waals surface area (Å²) in [5.74, 6) is -0.723. The maximum Gasteiger partial charge on any atom is 0.263 e. The number of piperidine rings is 1. The summed E-state index contributed by atoms with van der Waals surface area (Å²) < 4.78 is 18.5. The van der Waals surface area contributed by atoms with Gasteiger partial charge in [-0.1, -0.05) is 6.07 Å². The summed E-state index contributed by atoms with van der Waals surface area (Å²) in [7, 11) is 0. The Morgan fingerprint density at radius 3 is 2.62 bits per heavy atom. The first kappa shape index (κ1) is 15.3. The predicted molar refractivity (Wildman–Crippen MR) is 75.0 cm³/mol. The molecule has 1 atom stereocenters. The van der Waals surface area contributed by atoms with E-state index < -0.39 is 11.9 Å². The Bertz CT molecular complexity index is 527. The van der Waals surface area contributed by atoms with Crippen molar-refractivity contribution in [2.75, 3.05) is 13.1 Å². The molecular formula is C15H19FN2O3. The van der Waals surface area contributed by atoms with Gasteiger partial charge in [0.2, 0.25) is 5.91 Å². The first-order valence-electron chi connectivity index (χ1n) is 6.97. The average Bonchev–Trinajstić information content (AvgIpc) is 2.46. The maximum absolute atomic E-state index is 13.1. The molecule has 114 valence electrons. The quantitative estimate of drug-likeness (QED) is 0.910. The molecule has 2 amide bonds. The van der Waals surface area contributed by atoms with Crippen molar-refractivity contribution in [3.63, 3.8) is 0 Å². The Balaban J connectivity index is 1.90. The van der Waals surface area contributed by atoms with Crippen LogP contribution in [0.5, 0.6) is 5.75 Å². The van der Waals surface area contributed by atoms with Crippen LogP contribution in [-0.2, 0) is 9.59 Å². The number of hydrogen-bond donors (Lipinski definition) is 1. The van der Waals surface area contributed by atoms with Crippen molar-refractivity contribution in [2.24, 2.45) is 11.7 Å². The van der Waals surface area contributed by atoms with Crippen LogP contribution in [-0.4, -0.2) is 35.9 Å². The molecule has 2 rings (SSSR count). The molecular weight excluding hydrogens is 275 g/mol. The number of primary amides is 1. The van der Waals surface area contributed by atoms with Gasteiger partial charge in [-0.05, 0) is 31.9 Å². The molecule has 1 aromatic rings. The highest BCUT2D eigenvalue weighted by atomic mass is 19.1. The van der Waals surface area contributed by atoms with E-state index in [4.69, 9.17) is 10.5 Å². The molecule has 0 aliphatic carbocycles. The Labute approximate surface area is 122 Å². The standard InChI is InChI=1S/C15H19FN2O3/c1-10(21-13-4-2-3-12(16)9-13)15(20)18-7-5-11(6-8-18)14(17)19/h2-4,9-11H,5-8H2,1H3,(H2,17,19)/t10-/m1/s1. The number of benzene rings is 1. The van der Waals surface area contributed by atoms with E-state index in [0.29, 0.717) is 31.7 Å². The van der Waals surface area contributed by atoms with Gasteiger partial charge in [0.25, 0.3) is 5.91 Å². The molecule has 0 unspecified atom stereocenters. The lowest BCUT2D eigenvalue weighted by Crippen LogP contribution is -2.46. The number of carbonyl (C=O) groups is 2. The van der Waals surface area contributed by atoms with Crippen LogP contribution in [0, 0.1) is 11.7 Å². The van der Waals surface area contributed by atoms with Crippen LogP contribution in [0.25, 0.3) is 0 Å². The van der Waals surface area contributed by atoms with Crippen molar-refractivity contribution in [3.8, 4) is 5.75 Å². The van der Waals surface area contributed by atoms with Crippen LogP contribution in [0.3, 0.4) is 0 Å². The second-order valence-corrected chi connectivity index (χ2v) is 5.22. The van der Waals surface area contributed by atoms with E-state index in [9.17, 15) is 14.0 Å². The molecule has 0 saturated carbocycles. The zero-order chi connectivity index (χ0) is 15.4. The minimum absolute atomic E-state index is 0.159. The minimum Gasteiger partial charge on any atom is -0.481 e. The minimum atomic E-state index is -0.697. The Morgan fingerprint density at radius 1 is 1.38 bits per heavy atom. The predicted octanol–water partition coefficient (Wildman–Crippen LogP) is 1.32. The van der Waals surface area contributed by atoms with E-state index in [1.165, 1.54) is 18.2 Å². The molecule has 6 heteroatoms. The van der Waals surface area contributed by atoms with Crippen LogP contribution < -0.4 is 10.5 Å². The van der Waals surface area contributed by atoms with Crippen molar-refractivity contribution >= 4 is 11.8 Å². The number of amides is 2. The van der Waals surface area contributed by atoms with Crippen molar-refractivity contribution < 1.29 is 18.7 Å². The lowest BCUT2D eigenvalue weighted by Gasteiger charge is -2.32. The van der Waals surface area contributed by atoms with Gasteiger partial charge < -0.3 is 15.4 Å². The molecule has 5 nitrogen and oxygen atoms in total. The second kappa shape index (κ2) is 6.56. The Kier molecular flexibility index (Phi) is 4.77. The van der Waals surface area contributed by atoms with E-state index in [0.717, 1.165) is 0 Å². The number of ether oxygens (including phenoxy) is 1. The lowest BCUT2D eigenvalue weighted by atomic mass is 9.96. The fourth-order valence-corrected chi connectivity index (χ4v) is 2.44. The average molecular weight is 294 g/mol. The van der Waals surface area contributed by atoms with Crippen molar-refractivity contribution in [3.05, 3.63) is 30.1 Å². The van der Waals surface area contributed by atoms with Gasteiger partial charge in [-0.15, -0.1) is 0 Å². The molecule has 0 radical (unpaired) electrons. The molecule has 0 bridgehead atoms. The van der Waals surface area contributed by atoms with Gasteiger partial charge in [0.05, 0.1) is 0 Å². The highest BCUT2D eigenvalue weighted by Gasteiger charge is 2.29. The Hall–Kier alpha value is -2.11. The molecule has 2 N–H and O–H groups in total. The van der Waals surface area contributed by atoms with E-state index in [1.54, 1.807) is 17.9 Å². The van der Waals surface area contributed by atoms with Crippen molar-refractivity contribution in [2.45, 2.75) is 25.9 Å². The van der Waals surface area contributed by atoms with Gasteiger partial charge in [-0.2, -0.15) is 0 Å². The van der Waals surface area contributed by atoms with E-state index >= 15 is 0 Å². The maximum atomic E-state index is 13.1. The van der Waals surface area contributed by atoms with Crippen molar-refractivity contribution in [1.82, 2.24) is 4.90 Å². The van der Waals surface area contributed by atoms with Crippen LogP contribution in [0.1, 0.15) is 19.8 Å². The summed E-state index contributed by atoms with van der Waals surface area (Å²) in [4.78, 5) is 25.0. The number of hydrogen-bond acceptors (Lipinski definition) is 3. The molecule has 1 saturated heterocycles. The number of likely N-dealkylation sites (tertiary alicyclic amines) is 1. The smallest absolute Gasteiger partial charge is 0.263 e. The van der Waals surface area contributed by atoms with Gasteiger partial charge >= 0.3 is 0 Å². The van der Waals surface area contributed by atoms with E-state index in [2.05, 4.69) is 0 Å². The summed E-state index contributed by atoms with van der Waals surface area (Å²) in [5, 5.41) is 0. The molecule has 1 aliphatic heterocycles. The monoisotopic (exact) mass is 294 g/mol. The molecule has 21 heavy (non-hydrogen) atoms. The number of carbonyl (C=O) groups excluding carboxylic acids is 2. The van der Waals surface area contributed by atoms with Crippen molar-refractivity contribution in [1.29, 1.82) is 0 Å². The molecule has 1 heterocycles. The van der Waals surface area contributed by atoms with Gasteiger partial charge in [-0.25, -0.2) is 4.39 Å². The topological polar surface area (TPSA) is 72.6 Å². The highest BCUT2D eigenvalue weighted by Crippen LogP contribution is 2.19. The first-order valence-corrected chi connectivity index (χ1v) is 6.97. The zero-order valence-electron chi connectivity index (χ0n) is 11.9. The fraction of sp³-hybridized carbons (Fsp3) is 0.467. The van der Waals surface area contributed by atoms with Gasteiger partial charge in [0, 0.05) is 25.1 Å². The van der Waals surface area contributed by atoms with Gasteiger partial charge in [-0.3, -0.25) is 9.59 Å². The first-order chi connectivity index (χ1) is 9.97.